The molecule has 6 nitrogen and oxygen atoms in total. The maximum Gasteiger partial charge on any atom is 0.351 e. The van der Waals surface area contributed by atoms with Crippen LogP contribution in [0.4, 0.5) is 0 Å². The van der Waals surface area contributed by atoms with Crippen molar-refractivity contribution >= 4 is 29.2 Å². The lowest BCUT2D eigenvalue weighted by Crippen LogP contribution is -2.16. The third-order valence-corrected chi connectivity index (χ3v) is 6.65. The van der Waals surface area contributed by atoms with Crippen molar-refractivity contribution in [2.24, 2.45) is 0 Å². The Morgan fingerprint density at radius 3 is 2.68 bits per heavy atom. The number of ether oxygens (including phenoxy) is 1. The van der Waals surface area contributed by atoms with Crippen molar-refractivity contribution in [1.82, 2.24) is 0 Å². The van der Waals surface area contributed by atoms with E-state index in [4.69, 9.17) is 4.42 Å². The summed E-state index contributed by atoms with van der Waals surface area (Å²) in [6, 6.07) is 5.37. The molecule has 0 aromatic carbocycles. The van der Waals surface area contributed by atoms with Gasteiger partial charge in [0.25, 0.3) is 0 Å². The molecule has 0 radical (unpaired) electrons. The average molecular weight is 487 g/mol. The molecule has 0 fully saturated rings. The van der Waals surface area contributed by atoms with Gasteiger partial charge in [0.05, 0.1) is 7.11 Å². The monoisotopic (exact) mass is 486 g/mol. The second kappa shape index (κ2) is 13.7. The SMILES string of the molecule is CCCCCCc1ccc(C=C(C)C(=O)c2c(O)cc(C(C)CC/C=C/C(=O)OC)oc2=O)s1. The average Bonchev–Trinajstić information content (AvgIpc) is 3.25. The number of esters is 1. The van der Waals surface area contributed by atoms with E-state index in [0.29, 0.717) is 18.4 Å². The number of aryl methyl sites for hydroxylation is 1. The number of Topliss-reactive ketones (excluding diaryl/α,β-unsaturated/α-hetero) is 1. The van der Waals surface area contributed by atoms with E-state index in [1.165, 1.54) is 43.4 Å². The van der Waals surface area contributed by atoms with E-state index < -0.39 is 17.4 Å². The van der Waals surface area contributed by atoms with Crippen LogP contribution in [0.1, 0.15) is 91.1 Å². The van der Waals surface area contributed by atoms with Crippen molar-refractivity contribution < 1.29 is 23.8 Å². The van der Waals surface area contributed by atoms with Crippen LogP contribution in [0.2, 0.25) is 0 Å². The smallest absolute Gasteiger partial charge is 0.351 e. The van der Waals surface area contributed by atoms with Gasteiger partial charge in [0.2, 0.25) is 0 Å². The zero-order valence-corrected chi connectivity index (χ0v) is 21.2. The van der Waals surface area contributed by atoms with Crippen molar-refractivity contribution in [2.75, 3.05) is 7.11 Å². The lowest BCUT2D eigenvalue weighted by Gasteiger charge is -2.11. The van der Waals surface area contributed by atoms with Gasteiger partial charge in [0, 0.05) is 27.8 Å². The second-order valence-corrected chi connectivity index (χ2v) is 9.57. The molecule has 2 rings (SSSR count). The van der Waals surface area contributed by atoms with Gasteiger partial charge in [-0.25, -0.2) is 9.59 Å². The molecule has 2 aromatic rings. The highest BCUT2D eigenvalue weighted by atomic mass is 32.1. The van der Waals surface area contributed by atoms with E-state index in [0.717, 1.165) is 17.7 Å². The summed E-state index contributed by atoms with van der Waals surface area (Å²) >= 11 is 1.63. The minimum atomic E-state index is -0.854. The Bertz CT molecular complexity index is 1090. The molecule has 0 aliphatic rings. The van der Waals surface area contributed by atoms with Crippen molar-refractivity contribution in [3.05, 3.63) is 67.4 Å². The van der Waals surface area contributed by atoms with E-state index in [9.17, 15) is 19.5 Å². The predicted molar refractivity (Wildman–Crippen MR) is 136 cm³/mol. The third-order valence-electron chi connectivity index (χ3n) is 5.56. The number of carbonyl (C=O) groups excluding carboxylic acids is 2. The number of hydrogen-bond acceptors (Lipinski definition) is 7. The standard InChI is InChI=1S/C27H34O6S/c1-5-6-7-8-12-20-14-15-21(34-20)16-19(3)26(30)25-22(28)17-23(33-27(25)31)18(2)11-9-10-13-24(29)32-4/h10,13-18,28H,5-9,11-12H2,1-4H3/b13-10+,19-16?. The number of ketones is 1. The quantitative estimate of drug-likeness (QED) is 0.152. The van der Waals surface area contributed by atoms with Crippen LogP contribution in [0.5, 0.6) is 5.75 Å². The Morgan fingerprint density at radius 1 is 1.24 bits per heavy atom. The summed E-state index contributed by atoms with van der Waals surface area (Å²) < 4.78 is 9.90. The molecule has 0 bridgehead atoms. The molecule has 1 atom stereocenters. The fraction of sp³-hybridized carbons (Fsp3) is 0.444. The molecule has 184 valence electrons. The molecule has 0 spiro atoms. The Hall–Kier alpha value is -2.93. The Balaban J connectivity index is 2.08. The lowest BCUT2D eigenvalue weighted by atomic mass is 9.99. The third kappa shape index (κ3) is 8.13. The fourth-order valence-corrected chi connectivity index (χ4v) is 4.55. The molecular weight excluding hydrogens is 452 g/mol. The van der Waals surface area contributed by atoms with Gasteiger partial charge in [-0.1, -0.05) is 39.2 Å². The van der Waals surface area contributed by atoms with Gasteiger partial charge < -0.3 is 14.3 Å². The first-order valence-electron chi connectivity index (χ1n) is 11.7. The van der Waals surface area contributed by atoms with Crippen molar-refractivity contribution in [1.29, 1.82) is 0 Å². The highest BCUT2D eigenvalue weighted by Gasteiger charge is 2.22. The van der Waals surface area contributed by atoms with Crippen molar-refractivity contribution in [3.63, 3.8) is 0 Å². The van der Waals surface area contributed by atoms with Crippen LogP contribution in [0.15, 0.2) is 45.1 Å². The number of thiophene rings is 1. The lowest BCUT2D eigenvalue weighted by molar-refractivity contribution is -0.134. The fourth-order valence-electron chi connectivity index (χ4n) is 3.50. The van der Waals surface area contributed by atoms with Crippen LogP contribution >= 0.6 is 11.3 Å². The topological polar surface area (TPSA) is 93.8 Å². The van der Waals surface area contributed by atoms with Crippen LogP contribution in [0, 0.1) is 0 Å². The minimum absolute atomic E-state index is 0.191. The normalized spacial score (nSPS) is 12.8. The van der Waals surface area contributed by atoms with E-state index in [1.807, 2.05) is 13.0 Å². The summed E-state index contributed by atoms with van der Waals surface area (Å²) in [6.45, 7) is 5.66. The Labute approximate surface area is 205 Å². The van der Waals surface area contributed by atoms with Crippen LogP contribution in [0.25, 0.3) is 6.08 Å². The van der Waals surface area contributed by atoms with Gasteiger partial charge in [-0.15, -0.1) is 11.3 Å². The number of allylic oxidation sites excluding steroid dienone is 2. The zero-order chi connectivity index (χ0) is 25.1. The number of aromatic hydroxyl groups is 1. The molecule has 1 unspecified atom stereocenters. The van der Waals surface area contributed by atoms with E-state index in [2.05, 4.69) is 17.7 Å². The summed E-state index contributed by atoms with van der Waals surface area (Å²) in [7, 11) is 1.31. The molecule has 1 N–H and O–H groups in total. The molecule has 2 heterocycles. The van der Waals surface area contributed by atoms with Crippen molar-refractivity contribution in [2.45, 2.75) is 71.6 Å². The number of unbranched alkanes of at least 4 members (excludes halogenated alkanes) is 3. The van der Waals surface area contributed by atoms with E-state index >= 15 is 0 Å². The summed E-state index contributed by atoms with van der Waals surface area (Å²) in [5.41, 5.74) is -0.852. The molecule has 0 saturated carbocycles. The summed E-state index contributed by atoms with van der Waals surface area (Å²) in [5.74, 6) is -1.27. The largest absolute Gasteiger partial charge is 0.507 e. The minimum Gasteiger partial charge on any atom is -0.507 e. The number of hydrogen-bond donors (Lipinski definition) is 1. The summed E-state index contributed by atoms with van der Waals surface area (Å²) in [6.07, 6.45) is 11.7. The summed E-state index contributed by atoms with van der Waals surface area (Å²) in [5, 5.41) is 10.4. The van der Waals surface area contributed by atoms with Gasteiger partial charge in [-0.2, -0.15) is 0 Å². The molecule has 7 heteroatoms. The van der Waals surface area contributed by atoms with Gasteiger partial charge in [0.1, 0.15) is 17.1 Å². The highest BCUT2D eigenvalue weighted by molar-refractivity contribution is 7.12. The van der Waals surface area contributed by atoms with E-state index in [1.54, 1.807) is 30.4 Å². The van der Waals surface area contributed by atoms with Crippen molar-refractivity contribution in [3.8, 4) is 5.75 Å². The van der Waals surface area contributed by atoms with Crippen LogP contribution < -0.4 is 5.63 Å². The van der Waals surface area contributed by atoms with Crippen LogP contribution in [0.3, 0.4) is 0 Å². The molecule has 0 aliphatic carbocycles. The van der Waals surface area contributed by atoms with Gasteiger partial charge in [-0.3, -0.25) is 4.79 Å². The van der Waals surface area contributed by atoms with Gasteiger partial charge >= 0.3 is 11.6 Å². The molecular formula is C27H34O6S. The highest BCUT2D eigenvalue weighted by Crippen LogP contribution is 2.27. The first-order chi connectivity index (χ1) is 16.3. The molecule has 2 aromatic heterocycles. The summed E-state index contributed by atoms with van der Waals surface area (Å²) in [4.78, 5) is 38.8. The maximum atomic E-state index is 12.9. The molecule has 34 heavy (non-hydrogen) atoms. The van der Waals surface area contributed by atoms with Gasteiger partial charge in [0.15, 0.2) is 5.78 Å². The molecule has 0 saturated heterocycles. The van der Waals surface area contributed by atoms with Crippen LogP contribution in [-0.4, -0.2) is 24.0 Å². The van der Waals surface area contributed by atoms with Crippen LogP contribution in [-0.2, 0) is 16.0 Å². The number of rotatable bonds is 13. The first kappa shape index (κ1) is 27.3. The maximum absolute atomic E-state index is 12.9. The number of carbonyl (C=O) groups is 2. The molecule has 0 amide bonds. The van der Waals surface area contributed by atoms with E-state index in [-0.39, 0.29) is 23.0 Å². The Morgan fingerprint density at radius 2 is 2.00 bits per heavy atom. The predicted octanol–water partition coefficient (Wildman–Crippen LogP) is 6.43. The number of methoxy groups -OCH3 is 1. The zero-order valence-electron chi connectivity index (χ0n) is 20.4. The molecule has 0 aliphatic heterocycles. The Kier molecular flexibility index (Phi) is 11.0. The van der Waals surface area contributed by atoms with Gasteiger partial charge in [-0.05, 0) is 56.4 Å². The second-order valence-electron chi connectivity index (χ2n) is 8.37. The first-order valence-corrected chi connectivity index (χ1v) is 12.5.